The quantitative estimate of drug-likeness (QED) is 0.851. The standard InChI is InChI=1S/C16H19N/c1-12-8-9-15(10-13(12)2)16(11-17)14-6-4-3-5-7-14/h3-10,16H,11,17H2,1-2H3. The lowest BCUT2D eigenvalue weighted by Crippen LogP contribution is -2.14. The van der Waals surface area contributed by atoms with Crippen LogP contribution in [-0.4, -0.2) is 6.54 Å². The second kappa shape index (κ2) is 5.15. The Bertz CT molecular complexity index is 488. The minimum absolute atomic E-state index is 0.301. The van der Waals surface area contributed by atoms with E-state index in [-0.39, 0.29) is 0 Å². The number of hydrogen-bond acceptors (Lipinski definition) is 1. The van der Waals surface area contributed by atoms with Gasteiger partial charge in [0.1, 0.15) is 0 Å². The molecule has 0 saturated carbocycles. The fourth-order valence-electron chi connectivity index (χ4n) is 2.13. The average Bonchev–Trinajstić information content (AvgIpc) is 2.36. The van der Waals surface area contributed by atoms with Gasteiger partial charge in [-0.1, -0.05) is 48.5 Å². The molecule has 0 bridgehead atoms. The van der Waals surface area contributed by atoms with E-state index in [0.29, 0.717) is 12.5 Å². The smallest absolute Gasteiger partial charge is 0.0212 e. The number of nitrogens with two attached hydrogens (primary N) is 1. The summed E-state index contributed by atoms with van der Waals surface area (Å²) in [7, 11) is 0. The number of aryl methyl sites for hydroxylation is 2. The van der Waals surface area contributed by atoms with Crippen molar-refractivity contribution in [3.63, 3.8) is 0 Å². The normalized spacial score (nSPS) is 12.4. The summed E-state index contributed by atoms with van der Waals surface area (Å²) in [5.74, 6) is 0.301. The van der Waals surface area contributed by atoms with Crippen LogP contribution in [0.2, 0.25) is 0 Å². The molecule has 1 heteroatoms. The van der Waals surface area contributed by atoms with Crippen LogP contribution in [0.25, 0.3) is 0 Å². The largest absolute Gasteiger partial charge is 0.330 e. The first-order valence-electron chi connectivity index (χ1n) is 6.04. The highest BCUT2D eigenvalue weighted by Crippen LogP contribution is 2.25. The van der Waals surface area contributed by atoms with Gasteiger partial charge in [0, 0.05) is 12.5 Å². The summed E-state index contributed by atoms with van der Waals surface area (Å²) < 4.78 is 0. The Hall–Kier alpha value is -1.60. The van der Waals surface area contributed by atoms with Gasteiger partial charge in [0.15, 0.2) is 0 Å². The first-order valence-corrected chi connectivity index (χ1v) is 6.04. The molecule has 1 nitrogen and oxygen atoms in total. The van der Waals surface area contributed by atoms with Crippen LogP contribution in [0.4, 0.5) is 0 Å². The summed E-state index contributed by atoms with van der Waals surface area (Å²) in [4.78, 5) is 0. The molecule has 88 valence electrons. The molecule has 1 unspecified atom stereocenters. The van der Waals surface area contributed by atoms with Gasteiger partial charge in [0.2, 0.25) is 0 Å². The fourth-order valence-corrected chi connectivity index (χ4v) is 2.13. The molecule has 0 aromatic heterocycles. The molecule has 2 aromatic rings. The van der Waals surface area contributed by atoms with Crippen molar-refractivity contribution in [2.45, 2.75) is 19.8 Å². The number of benzene rings is 2. The van der Waals surface area contributed by atoms with E-state index in [1.165, 1.54) is 22.3 Å². The summed E-state index contributed by atoms with van der Waals surface area (Å²) in [5, 5.41) is 0. The topological polar surface area (TPSA) is 26.0 Å². The molecule has 0 radical (unpaired) electrons. The minimum atomic E-state index is 0.301. The molecule has 0 aliphatic carbocycles. The van der Waals surface area contributed by atoms with E-state index in [1.54, 1.807) is 0 Å². The second-order valence-electron chi connectivity index (χ2n) is 4.54. The van der Waals surface area contributed by atoms with E-state index in [4.69, 9.17) is 5.73 Å². The van der Waals surface area contributed by atoms with E-state index in [0.717, 1.165) is 0 Å². The lowest BCUT2D eigenvalue weighted by Gasteiger charge is -2.17. The van der Waals surface area contributed by atoms with Gasteiger partial charge < -0.3 is 5.73 Å². The molecular weight excluding hydrogens is 206 g/mol. The summed E-state index contributed by atoms with van der Waals surface area (Å²) in [5.41, 5.74) is 11.2. The Morgan fingerprint density at radius 3 is 2.18 bits per heavy atom. The Balaban J connectivity index is 2.39. The van der Waals surface area contributed by atoms with E-state index in [2.05, 4.69) is 56.3 Å². The highest BCUT2D eigenvalue weighted by Gasteiger charge is 2.12. The van der Waals surface area contributed by atoms with Gasteiger partial charge in [0.05, 0.1) is 0 Å². The maximum atomic E-state index is 5.92. The maximum Gasteiger partial charge on any atom is 0.0212 e. The van der Waals surface area contributed by atoms with Gasteiger partial charge in [-0.05, 0) is 36.1 Å². The van der Waals surface area contributed by atoms with Crippen LogP contribution in [0, 0.1) is 13.8 Å². The van der Waals surface area contributed by atoms with Crippen molar-refractivity contribution >= 4 is 0 Å². The van der Waals surface area contributed by atoms with Gasteiger partial charge in [-0.2, -0.15) is 0 Å². The average molecular weight is 225 g/mol. The Morgan fingerprint density at radius 1 is 0.882 bits per heavy atom. The molecule has 0 fully saturated rings. The Kier molecular flexibility index (Phi) is 3.60. The monoisotopic (exact) mass is 225 g/mol. The zero-order valence-electron chi connectivity index (χ0n) is 10.5. The third-order valence-corrected chi connectivity index (χ3v) is 3.37. The van der Waals surface area contributed by atoms with Crippen LogP contribution < -0.4 is 5.73 Å². The molecular formula is C16H19N. The van der Waals surface area contributed by atoms with Crippen molar-refractivity contribution in [3.8, 4) is 0 Å². The van der Waals surface area contributed by atoms with Gasteiger partial charge in [-0.25, -0.2) is 0 Å². The summed E-state index contributed by atoms with van der Waals surface area (Å²) in [6.45, 7) is 4.93. The van der Waals surface area contributed by atoms with Crippen molar-refractivity contribution in [1.29, 1.82) is 0 Å². The molecule has 0 heterocycles. The van der Waals surface area contributed by atoms with Crippen molar-refractivity contribution in [1.82, 2.24) is 0 Å². The first-order chi connectivity index (χ1) is 8.22. The van der Waals surface area contributed by atoms with Crippen LogP contribution >= 0.6 is 0 Å². The third kappa shape index (κ3) is 2.56. The highest BCUT2D eigenvalue weighted by molar-refractivity contribution is 5.37. The zero-order valence-corrected chi connectivity index (χ0v) is 10.5. The zero-order chi connectivity index (χ0) is 12.3. The molecule has 17 heavy (non-hydrogen) atoms. The van der Waals surface area contributed by atoms with Crippen molar-refractivity contribution in [2.75, 3.05) is 6.54 Å². The second-order valence-corrected chi connectivity index (χ2v) is 4.54. The molecule has 0 amide bonds. The van der Waals surface area contributed by atoms with Crippen LogP contribution in [0.5, 0.6) is 0 Å². The summed E-state index contributed by atoms with van der Waals surface area (Å²) in [6.07, 6.45) is 0. The predicted molar refractivity (Wildman–Crippen MR) is 73.3 cm³/mol. The lowest BCUT2D eigenvalue weighted by molar-refractivity contribution is 0.817. The Labute approximate surface area is 103 Å². The van der Waals surface area contributed by atoms with E-state index < -0.39 is 0 Å². The molecule has 1 atom stereocenters. The number of rotatable bonds is 3. The van der Waals surface area contributed by atoms with Crippen LogP contribution in [0.3, 0.4) is 0 Å². The molecule has 2 N–H and O–H groups in total. The first kappa shape index (κ1) is 11.9. The van der Waals surface area contributed by atoms with Gasteiger partial charge in [-0.3, -0.25) is 0 Å². The predicted octanol–water partition coefficient (Wildman–Crippen LogP) is 3.39. The molecule has 2 aromatic carbocycles. The summed E-state index contributed by atoms with van der Waals surface area (Å²) >= 11 is 0. The molecule has 0 saturated heterocycles. The molecule has 0 aliphatic rings. The van der Waals surface area contributed by atoms with Crippen molar-refractivity contribution < 1.29 is 0 Å². The van der Waals surface area contributed by atoms with E-state index in [9.17, 15) is 0 Å². The Morgan fingerprint density at radius 2 is 1.59 bits per heavy atom. The SMILES string of the molecule is Cc1ccc(C(CN)c2ccccc2)cc1C. The summed E-state index contributed by atoms with van der Waals surface area (Å²) in [6, 6.07) is 17.1. The van der Waals surface area contributed by atoms with Crippen molar-refractivity contribution in [2.24, 2.45) is 5.73 Å². The van der Waals surface area contributed by atoms with E-state index in [1.807, 2.05) is 6.07 Å². The minimum Gasteiger partial charge on any atom is -0.330 e. The number of hydrogen-bond donors (Lipinski definition) is 1. The highest BCUT2D eigenvalue weighted by atomic mass is 14.5. The maximum absolute atomic E-state index is 5.92. The van der Waals surface area contributed by atoms with Crippen molar-refractivity contribution in [3.05, 3.63) is 70.8 Å². The van der Waals surface area contributed by atoms with Gasteiger partial charge in [-0.15, -0.1) is 0 Å². The van der Waals surface area contributed by atoms with Crippen LogP contribution in [-0.2, 0) is 0 Å². The molecule has 0 aliphatic heterocycles. The molecule has 0 spiro atoms. The molecule has 2 rings (SSSR count). The van der Waals surface area contributed by atoms with Gasteiger partial charge >= 0.3 is 0 Å². The lowest BCUT2D eigenvalue weighted by atomic mass is 9.90. The van der Waals surface area contributed by atoms with Crippen LogP contribution in [0.15, 0.2) is 48.5 Å². The van der Waals surface area contributed by atoms with E-state index >= 15 is 0 Å². The van der Waals surface area contributed by atoms with Gasteiger partial charge in [0.25, 0.3) is 0 Å². The fraction of sp³-hybridized carbons (Fsp3) is 0.250. The van der Waals surface area contributed by atoms with Crippen LogP contribution in [0.1, 0.15) is 28.2 Å². The third-order valence-electron chi connectivity index (χ3n) is 3.37.